The number of hydrogen-bond donors (Lipinski definition) is 1. The molecule has 0 radical (unpaired) electrons. The topological polar surface area (TPSA) is 20.2 Å². The monoisotopic (exact) mass is 172 g/mol. The summed E-state index contributed by atoms with van der Waals surface area (Å²) in [4.78, 5) is 0. The van der Waals surface area contributed by atoms with E-state index < -0.39 is 0 Å². The third-order valence-electron chi connectivity index (χ3n) is 2.15. The van der Waals surface area contributed by atoms with Crippen molar-refractivity contribution in [2.24, 2.45) is 5.92 Å². The molecule has 0 bridgehead atoms. The van der Waals surface area contributed by atoms with Crippen LogP contribution in [0.5, 0.6) is 0 Å². The van der Waals surface area contributed by atoms with Crippen LogP contribution in [0.3, 0.4) is 0 Å². The number of unbranched alkanes of at least 4 members (excludes halogenated alkanes) is 3. The average Bonchev–Trinajstić information content (AvgIpc) is 1.95. The van der Waals surface area contributed by atoms with Gasteiger partial charge < -0.3 is 5.11 Å². The zero-order valence-electron chi connectivity index (χ0n) is 8.84. The first-order valence-electron chi connectivity index (χ1n) is 5.31. The predicted molar refractivity (Wildman–Crippen MR) is 54.2 cm³/mol. The Kier molecular flexibility index (Phi) is 7.58. The molecule has 12 heavy (non-hydrogen) atoms. The van der Waals surface area contributed by atoms with E-state index in [1.54, 1.807) is 0 Å². The Morgan fingerprint density at radius 2 is 1.33 bits per heavy atom. The Morgan fingerprint density at radius 1 is 0.833 bits per heavy atom. The molecule has 0 heterocycles. The first kappa shape index (κ1) is 12.0. The zero-order valence-corrected chi connectivity index (χ0v) is 8.84. The first-order chi connectivity index (χ1) is 5.63. The van der Waals surface area contributed by atoms with E-state index in [-0.39, 0.29) is 6.10 Å². The highest BCUT2D eigenvalue weighted by atomic mass is 16.3. The van der Waals surface area contributed by atoms with Gasteiger partial charge in [0.15, 0.2) is 0 Å². The lowest BCUT2D eigenvalue weighted by molar-refractivity contribution is 0.180. The summed E-state index contributed by atoms with van der Waals surface area (Å²) in [6.07, 6.45) is 7.40. The van der Waals surface area contributed by atoms with E-state index in [1.807, 2.05) is 6.92 Å². The van der Waals surface area contributed by atoms with Crippen molar-refractivity contribution in [3.63, 3.8) is 0 Å². The summed E-state index contributed by atoms with van der Waals surface area (Å²) in [5.74, 6) is 0.849. The van der Waals surface area contributed by atoms with Crippen molar-refractivity contribution in [2.45, 2.75) is 65.4 Å². The quantitative estimate of drug-likeness (QED) is 0.584. The minimum absolute atomic E-state index is 0.102. The Bertz CT molecular complexity index is 75.0. The first-order valence-corrected chi connectivity index (χ1v) is 5.31. The van der Waals surface area contributed by atoms with Crippen LogP contribution in [-0.2, 0) is 0 Å². The molecular formula is C11H24O. The highest BCUT2D eigenvalue weighted by Crippen LogP contribution is 2.11. The molecule has 1 heteroatoms. The lowest BCUT2D eigenvalue weighted by Gasteiger charge is -2.05. The molecule has 0 aromatic heterocycles. The predicted octanol–water partition coefficient (Wildman–Crippen LogP) is 3.36. The van der Waals surface area contributed by atoms with Crippen molar-refractivity contribution < 1.29 is 5.11 Å². The fourth-order valence-corrected chi connectivity index (χ4v) is 1.35. The second kappa shape index (κ2) is 7.60. The van der Waals surface area contributed by atoms with Crippen LogP contribution in [0.2, 0.25) is 0 Å². The summed E-state index contributed by atoms with van der Waals surface area (Å²) in [7, 11) is 0. The summed E-state index contributed by atoms with van der Waals surface area (Å²) < 4.78 is 0. The van der Waals surface area contributed by atoms with Crippen molar-refractivity contribution in [2.75, 3.05) is 0 Å². The molecule has 1 atom stereocenters. The minimum Gasteiger partial charge on any atom is -0.393 e. The number of aliphatic hydroxyl groups is 1. The van der Waals surface area contributed by atoms with Gasteiger partial charge in [0.2, 0.25) is 0 Å². The molecule has 0 aromatic rings. The van der Waals surface area contributed by atoms with Crippen LogP contribution in [0.15, 0.2) is 0 Å². The van der Waals surface area contributed by atoms with Crippen LogP contribution in [0.1, 0.15) is 59.3 Å². The zero-order chi connectivity index (χ0) is 9.40. The minimum atomic E-state index is -0.102. The van der Waals surface area contributed by atoms with E-state index in [9.17, 15) is 0 Å². The van der Waals surface area contributed by atoms with Crippen molar-refractivity contribution in [3.8, 4) is 0 Å². The molecule has 0 saturated carbocycles. The number of hydrogen-bond acceptors (Lipinski definition) is 1. The molecule has 0 aromatic carbocycles. The van der Waals surface area contributed by atoms with E-state index in [2.05, 4.69) is 13.8 Å². The maximum Gasteiger partial charge on any atom is 0.0512 e. The molecule has 0 saturated heterocycles. The molecule has 0 aliphatic carbocycles. The second-order valence-electron chi connectivity index (χ2n) is 4.23. The maximum absolute atomic E-state index is 9.00. The molecule has 0 amide bonds. The second-order valence-corrected chi connectivity index (χ2v) is 4.23. The van der Waals surface area contributed by atoms with Crippen LogP contribution in [0, 0.1) is 5.92 Å². The molecule has 1 nitrogen and oxygen atoms in total. The van der Waals surface area contributed by atoms with E-state index in [0.717, 1.165) is 12.3 Å². The van der Waals surface area contributed by atoms with Gasteiger partial charge in [0.05, 0.1) is 6.10 Å². The van der Waals surface area contributed by atoms with E-state index >= 15 is 0 Å². The number of rotatable bonds is 7. The van der Waals surface area contributed by atoms with Gasteiger partial charge in [0.1, 0.15) is 0 Å². The van der Waals surface area contributed by atoms with Gasteiger partial charge in [-0.1, -0.05) is 46.0 Å². The fraction of sp³-hybridized carbons (Fsp3) is 1.00. The van der Waals surface area contributed by atoms with Gasteiger partial charge >= 0.3 is 0 Å². The molecule has 0 aliphatic heterocycles. The highest BCUT2D eigenvalue weighted by Gasteiger charge is 1.96. The van der Waals surface area contributed by atoms with Gasteiger partial charge in [0, 0.05) is 0 Å². The summed E-state index contributed by atoms with van der Waals surface area (Å²) in [5.41, 5.74) is 0. The van der Waals surface area contributed by atoms with Gasteiger partial charge in [-0.05, 0) is 19.3 Å². The van der Waals surface area contributed by atoms with Crippen molar-refractivity contribution >= 4 is 0 Å². The Labute approximate surface area is 77.2 Å². The third-order valence-corrected chi connectivity index (χ3v) is 2.15. The van der Waals surface area contributed by atoms with Gasteiger partial charge in [-0.25, -0.2) is 0 Å². The van der Waals surface area contributed by atoms with Gasteiger partial charge in [0.25, 0.3) is 0 Å². The summed E-state index contributed by atoms with van der Waals surface area (Å²) >= 11 is 0. The van der Waals surface area contributed by atoms with Gasteiger partial charge in [-0.15, -0.1) is 0 Å². The number of aliphatic hydroxyl groups excluding tert-OH is 1. The summed E-state index contributed by atoms with van der Waals surface area (Å²) in [6, 6.07) is 0. The fourth-order valence-electron chi connectivity index (χ4n) is 1.35. The third kappa shape index (κ3) is 9.96. The molecule has 0 aliphatic rings. The molecule has 1 N–H and O–H groups in total. The molecule has 0 rings (SSSR count). The molecule has 1 unspecified atom stereocenters. The normalized spacial score (nSPS) is 13.8. The van der Waals surface area contributed by atoms with Crippen LogP contribution in [0.25, 0.3) is 0 Å². The van der Waals surface area contributed by atoms with Gasteiger partial charge in [-0.3, -0.25) is 0 Å². The SMILES string of the molecule is CC(C)CCCCCCC(C)O. The lowest BCUT2D eigenvalue weighted by atomic mass is 10.0. The van der Waals surface area contributed by atoms with E-state index in [1.165, 1.54) is 32.1 Å². The van der Waals surface area contributed by atoms with Gasteiger partial charge in [-0.2, -0.15) is 0 Å². The Morgan fingerprint density at radius 3 is 1.75 bits per heavy atom. The Hall–Kier alpha value is -0.0400. The molecule has 74 valence electrons. The average molecular weight is 172 g/mol. The van der Waals surface area contributed by atoms with Crippen LogP contribution in [-0.4, -0.2) is 11.2 Å². The van der Waals surface area contributed by atoms with Crippen molar-refractivity contribution in [1.82, 2.24) is 0 Å². The smallest absolute Gasteiger partial charge is 0.0512 e. The van der Waals surface area contributed by atoms with E-state index in [0.29, 0.717) is 0 Å². The Balaban J connectivity index is 2.91. The highest BCUT2D eigenvalue weighted by molar-refractivity contribution is 4.50. The summed E-state index contributed by atoms with van der Waals surface area (Å²) in [6.45, 7) is 6.42. The summed E-state index contributed by atoms with van der Waals surface area (Å²) in [5, 5.41) is 9.00. The largest absolute Gasteiger partial charge is 0.393 e. The maximum atomic E-state index is 9.00. The molecule has 0 spiro atoms. The van der Waals surface area contributed by atoms with Crippen molar-refractivity contribution in [3.05, 3.63) is 0 Å². The van der Waals surface area contributed by atoms with Crippen molar-refractivity contribution in [1.29, 1.82) is 0 Å². The molecular weight excluding hydrogens is 148 g/mol. The standard InChI is InChI=1S/C11H24O/c1-10(2)8-6-4-5-7-9-11(3)12/h10-12H,4-9H2,1-3H3. The lowest BCUT2D eigenvalue weighted by Crippen LogP contribution is -1.98. The van der Waals surface area contributed by atoms with Crippen LogP contribution in [0.4, 0.5) is 0 Å². The van der Waals surface area contributed by atoms with Crippen LogP contribution < -0.4 is 0 Å². The van der Waals surface area contributed by atoms with E-state index in [4.69, 9.17) is 5.11 Å². The van der Waals surface area contributed by atoms with Crippen LogP contribution >= 0.6 is 0 Å². The molecule has 0 fully saturated rings.